The number of hydrogen-bond acceptors (Lipinski definition) is 4. The van der Waals surface area contributed by atoms with Gasteiger partial charge in [-0.3, -0.25) is 0 Å². The van der Waals surface area contributed by atoms with Crippen molar-refractivity contribution in [2.45, 2.75) is 16.3 Å². The van der Waals surface area contributed by atoms with E-state index in [0.717, 1.165) is 15.4 Å². The first kappa shape index (κ1) is 16.6. The molecule has 0 atom stereocenters. The minimum absolute atomic E-state index is 0.0258. The average Bonchev–Trinajstić information content (AvgIpc) is 2.58. The summed E-state index contributed by atoms with van der Waals surface area (Å²) >= 11 is 7.57. The predicted octanol–water partition coefficient (Wildman–Crippen LogP) is 5.51. The van der Waals surface area contributed by atoms with Crippen LogP contribution < -0.4 is 5.32 Å². The van der Waals surface area contributed by atoms with E-state index in [1.165, 1.54) is 12.1 Å². The Hall–Kier alpha value is -2.30. The molecule has 24 heavy (non-hydrogen) atoms. The quantitative estimate of drug-likeness (QED) is 0.526. The van der Waals surface area contributed by atoms with Gasteiger partial charge in [0.2, 0.25) is 0 Å². The predicted molar refractivity (Wildman–Crippen MR) is 99.1 cm³/mol. The van der Waals surface area contributed by atoms with Gasteiger partial charge in [-0.15, -0.1) is 0 Å². The number of nitrogens with one attached hydrogen (secondary N) is 1. The first-order valence-corrected chi connectivity index (χ1v) is 8.59. The number of aromatic hydroxyl groups is 2. The molecule has 0 fully saturated rings. The van der Waals surface area contributed by atoms with Crippen molar-refractivity contribution in [1.82, 2.24) is 0 Å². The van der Waals surface area contributed by atoms with Crippen LogP contribution in [0.1, 0.15) is 5.56 Å². The summed E-state index contributed by atoms with van der Waals surface area (Å²) in [6.45, 7) is 0.488. The number of anilines is 1. The largest absolute Gasteiger partial charge is 0.506 e. The Morgan fingerprint density at radius 1 is 0.833 bits per heavy atom. The summed E-state index contributed by atoms with van der Waals surface area (Å²) < 4.78 is 0. The molecule has 3 nitrogen and oxygen atoms in total. The van der Waals surface area contributed by atoms with Crippen molar-refractivity contribution in [1.29, 1.82) is 0 Å². The van der Waals surface area contributed by atoms with Crippen molar-refractivity contribution >= 4 is 29.1 Å². The Morgan fingerprint density at radius 3 is 2.21 bits per heavy atom. The Morgan fingerprint density at radius 2 is 1.50 bits per heavy atom. The van der Waals surface area contributed by atoms with Crippen LogP contribution in [-0.2, 0) is 6.54 Å². The summed E-state index contributed by atoms with van der Waals surface area (Å²) in [6, 6.07) is 20.4. The van der Waals surface area contributed by atoms with Crippen LogP contribution >= 0.6 is 23.4 Å². The molecular formula is C19H16ClNO2S. The molecule has 0 bridgehead atoms. The van der Waals surface area contributed by atoms with E-state index in [4.69, 9.17) is 11.6 Å². The van der Waals surface area contributed by atoms with E-state index in [1.54, 1.807) is 17.8 Å². The number of para-hydroxylation sites is 1. The molecule has 3 aromatic rings. The molecule has 0 aliphatic heterocycles. The molecule has 0 unspecified atom stereocenters. The second-order valence-corrected chi connectivity index (χ2v) is 6.74. The van der Waals surface area contributed by atoms with Gasteiger partial charge in [-0.1, -0.05) is 47.6 Å². The summed E-state index contributed by atoms with van der Waals surface area (Å²) in [7, 11) is 0. The molecule has 3 rings (SSSR count). The number of phenols is 2. The molecule has 0 saturated heterocycles. The van der Waals surface area contributed by atoms with Gasteiger partial charge in [-0.2, -0.15) is 0 Å². The Labute approximate surface area is 149 Å². The minimum Gasteiger partial charge on any atom is -0.506 e. The van der Waals surface area contributed by atoms with Gasteiger partial charge in [0.15, 0.2) is 0 Å². The number of rotatable bonds is 5. The van der Waals surface area contributed by atoms with E-state index in [2.05, 4.69) is 5.32 Å². The molecule has 0 aliphatic rings. The highest BCUT2D eigenvalue weighted by Gasteiger charge is 2.08. The summed E-state index contributed by atoms with van der Waals surface area (Å²) in [6.07, 6.45) is 0. The van der Waals surface area contributed by atoms with Crippen LogP contribution in [-0.4, -0.2) is 10.2 Å². The fraction of sp³-hybridized carbons (Fsp3) is 0.0526. The van der Waals surface area contributed by atoms with Crippen LogP contribution in [0.15, 0.2) is 76.5 Å². The summed E-state index contributed by atoms with van der Waals surface area (Å²) in [4.78, 5) is 2.19. The fourth-order valence-electron chi connectivity index (χ4n) is 2.27. The number of hydrogen-bond donors (Lipinski definition) is 3. The Bertz CT molecular complexity index is 817. The summed E-state index contributed by atoms with van der Waals surface area (Å²) in [5, 5.41) is 23.5. The second-order valence-electron chi connectivity index (χ2n) is 5.19. The van der Waals surface area contributed by atoms with Gasteiger partial charge in [0.05, 0.1) is 0 Å². The first-order chi connectivity index (χ1) is 11.6. The van der Waals surface area contributed by atoms with Crippen molar-refractivity contribution in [2.24, 2.45) is 0 Å². The Balaban J connectivity index is 1.78. The van der Waals surface area contributed by atoms with Gasteiger partial charge >= 0.3 is 0 Å². The van der Waals surface area contributed by atoms with Crippen molar-refractivity contribution < 1.29 is 10.2 Å². The van der Waals surface area contributed by atoms with Crippen LogP contribution in [0.3, 0.4) is 0 Å². The van der Waals surface area contributed by atoms with Crippen LogP contribution in [0.5, 0.6) is 11.5 Å². The van der Waals surface area contributed by atoms with Gasteiger partial charge in [-0.05, 0) is 48.0 Å². The maximum atomic E-state index is 9.86. The monoisotopic (exact) mass is 357 g/mol. The third-order valence-electron chi connectivity index (χ3n) is 3.49. The van der Waals surface area contributed by atoms with Crippen molar-refractivity contribution in [3.8, 4) is 11.5 Å². The topological polar surface area (TPSA) is 52.5 Å². The Kier molecular flexibility index (Phi) is 5.18. The maximum Gasteiger partial charge on any atom is 0.142 e. The molecule has 0 aliphatic carbocycles. The average molecular weight is 358 g/mol. The molecule has 0 heterocycles. The number of benzene rings is 3. The standard InChI is InChI=1S/C19H16ClNO2S/c20-14-8-10-15(11-9-14)24-18-7-2-1-4-13(18)12-21-19-16(22)5-3-6-17(19)23/h1-11,21-23H,12H2. The van der Waals surface area contributed by atoms with Gasteiger partial charge in [0.1, 0.15) is 17.2 Å². The molecule has 3 aromatic carbocycles. The smallest absolute Gasteiger partial charge is 0.142 e. The highest BCUT2D eigenvalue weighted by molar-refractivity contribution is 7.99. The first-order valence-electron chi connectivity index (χ1n) is 7.39. The number of halogens is 1. The van der Waals surface area contributed by atoms with Crippen molar-refractivity contribution in [2.75, 3.05) is 5.32 Å². The molecule has 3 N–H and O–H groups in total. The van der Waals surface area contributed by atoms with Gasteiger partial charge in [0, 0.05) is 21.4 Å². The van der Waals surface area contributed by atoms with E-state index in [-0.39, 0.29) is 11.5 Å². The van der Waals surface area contributed by atoms with Crippen LogP contribution in [0.4, 0.5) is 5.69 Å². The van der Waals surface area contributed by atoms with Crippen molar-refractivity contribution in [3.05, 3.63) is 77.3 Å². The third-order valence-corrected chi connectivity index (χ3v) is 4.87. The molecule has 5 heteroatoms. The number of phenolic OH excluding ortho intramolecular Hbond substituents is 2. The molecule has 0 aromatic heterocycles. The fourth-order valence-corrected chi connectivity index (χ4v) is 3.34. The zero-order valence-corrected chi connectivity index (χ0v) is 14.3. The molecule has 0 spiro atoms. The van der Waals surface area contributed by atoms with Gasteiger partial charge in [-0.25, -0.2) is 0 Å². The van der Waals surface area contributed by atoms with E-state index < -0.39 is 0 Å². The van der Waals surface area contributed by atoms with E-state index in [9.17, 15) is 10.2 Å². The zero-order valence-electron chi connectivity index (χ0n) is 12.7. The van der Waals surface area contributed by atoms with Crippen LogP contribution in [0.25, 0.3) is 0 Å². The lowest BCUT2D eigenvalue weighted by Gasteiger charge is -2.13. The van der Waals surface area contributed by atoms with E-state index in [1.807, 2.05) is 48.5 Å². The third kappa shape index (κ3) is 3.96. The molecule has 0 saturated carbocycles. The lowest BCUT2D eigenvalue weighted by molar-refractivity contribution is 0.454. The zero-order chi connectivity index (χ0) is 16.9. The van der Waals surface area contributed by atoms with Crippen molar-refractivity contribution in [3.63, 3.8) is 0 Å². The normalized spacial score (nSPS) is 10.5. The SMILES string of the molecule is Oc1cccc(O)c1NCc1ccccc1Sc1ccc(Cl)cc1. The summed E-state index contributed by atoms with van der Waals surface area (Å²) in [5.41, 5.74) is 1.41. The highest BCUT2D eigenvalue weighted by Crippen LogP contribution is 2.35. The molecule has 122 valence electrons. The second kappa shape index (κ2) is 7.51. The molecule has 0 radical (unpaired) electrons. The minimum atomic E-state index is 0.0258. The molecule has 0 amide bonds. The van der Waals surface area contributed by atoms with Gasteiger partial charge in [0.25, 0.3) is 0 Å². The van der Waals surface area contributed by atoms with E-state index in [0.29, 0.717) is 17.3 Å². The summed E-state index contributed by atoms with van der Waals surface area (Å²) in [5.74, 6) is 0.0515. The lowest BCUT2D eigenvalue weighted by atomic mass is 10.2. The van der Waals surface area contributed by atoms with E-state index >= 15 is 0 Å². The van der Waals surface area contributed by atoms with Gasteiger partial charge < -0.3 is 15.5 Å². The maximum absolute atomic E-state index is 9.86. The molecular weight excluding hydrogens is 342 g/mol. The highest BCUT2D eigenvalue weighted by atomic mass is 35.5. The van der Waals surface area contributed by atoms with Crippen LogP contribution in [0.2, 0.25) is 5.02 Å². The lowest BCUT2D eigenvalue weighted by Crippen LogP contribution is -2.01. The van der Waals surface area contributed by atoms with Crippen LogP contribution in [0, 0.1) is 0 Å².